The van der Waals surface area contributed by atoms with Crippen LogP contribution in [0.5, 0.6) is 0 Å². The highest BCUT2D eigenvalue weighted by Crippen LogP contribution is 2.23. The first kappa shape index (κ1) is 14.7. The van der Waals surface area contributed by atoms with Gasteiger partial charge in [-0.05, 0) is 26.0 Å². The monoisotopic (exact) mass is 269 g/mol. The molecule has 0 bridgehead atoms. The van der Waals surface area contributed by atoms with Crippen molar-refractivity contribution in [2.75, 3.05) is 0 Å². The van der Waals surface area contributed by atoms with Crippen LogP contribution >= 0.6 is 11.3 Å². The van der Waals surface area contributed by atoms with Crippen LogP contribution in [-0.4, -0.2) is 17.0 Å². The maximum atomic E-state index is 11.9. The quantitative estimate of drug-likeness (QED) is 0.863. The van der Waals surface area contributed by atoms with Gasteiger partial charge in [-0.15, -0.1) is 11.3 Å². The van der Waals surface area contributed by atoms with Crippen molar-refractivity contribution in [3.05, 3.63) is 21.9 Å². The smallest absolute Gasteiger partial charge is 0.307 e. The molecule has 1 heterocycles. The number of thiophene rings is 1. The van der Waals surface area contributed by atoms with Crippen LogP contribution < -0.4 is 5.32 Å². The van der Waals surface area contributed by atoms with E-state index in [1.165, 1.54) is 4.88 Å². The van der Waals surface area contributed by atoms with Gasteiger partial charge in [-0.2, -0.15) is 0 Å². The number of carbonyl (C=O) groups is 2. The third-order valence-corrected chi connectivity index (χ3v) is 4.28. The normalized spacial score (nSPS) is 15.8. The second kappa shape index (κ2) is 6.00. The molecule has 1 aromatic rings. The van der Waals surface area contributed by atoms with E-state index in [2.05, 4.69) is 5.32 Å². The summed E-state index contributed by atoms with van der Waals surface area (Å²) in [6.45, 7) is 7.10. The summed E-state index contributed by atoms with van der Waals surface area (Å²) < 4.78 is 0. The molecule has 3 unspecified atom stereocenters. The number of carboxylic acid groups (broad SMARTS) is 1. The lowest BCUT2D eigenvalue weighted by Gasteiger charge is -2.19. The summed E-state index contributed by atoms with van der Waals surface area (Å²) in [6, 6.07) is 3.90. The molecule has 0 aliphatic rings. The zero-order valence-electron chi connectivity index (χ0n) is 11.1. The van der Waals surface area contributed by atoms with Crippen LogP contribution in [0, 0.1) is 18.8 Å². The van der Waals surface area contributed by atoms with Gasteiger partial charge in [-0.25, -0.2) is 0 Å². The first-order chi connectivity index (χ1) is 8.32. The number of amides is 1. The maximum absolute atomic E-state index is 11.9. The van der Waals surface area contributed by atoms with E-state index >= 15 is 0 Å². The summed E-state index contributed by atoms with van der Waals surface area (Å²) in [5, 5.41) is 11.7. The molecule has 0 fully saturated rings. The lowest BCUT2D eigenvalue weighted by Crippen LogP contribution is -2.36. The SMILES string of the molecule is Cc1ccc(C(C)NC(=O)C(C)C(C)C(=O)O)s1. The highest BCUT2D eigenvalue weighted by Gasteiger charge is 2.26. The van der Waals surface area contributed by atoms with Crippen molar-refractivity contribution in [1.29, 1.82) is 0 Å². The van der Waals surface area contributed by atoms with Gasteiger partial charge in [-0.1, -0.05) is 13.8 Å². The predicted octanol–water partition coefficient (Wildman–Crippen LogP) is 2.59. The molecule has 0 aromatic carbocycles. The zero-order valence-corrected chi connectivity index (χ0v) is 11.9. The topological polar surface area (TPSA) is 66.4 Å². The number of aryl methyl sites for hydroxylation is 1. The summed E-state index contributed by atoms with van der Waals surface area (Å²) in [7, 11) is 0. The summed E-state index contributed by atoms with van der Waals surface area (Å²) >= 11 is 1.63. The summed E-state index contributed by atoms with van der Waals surface area (Å²) in [4.78, 5) is 25.0. The minimum Gasteiger partial charge on any atom is -0.481 e. The molecule has 0 saturated heterocycles. The van der Waals surface area contributed by atoms with E-state index in [4.69, 9.17) is 5.11 Å². The summed E-state index contributed by atoms with van der Waals surface area (Å²) in [5.74, 6) is -2.38. The zero-order chi connectivity index (χ0) is 13.9. The fourth-order valence-electron chi connectivity index (χ4n) is 1.54. The van der Waals surface area contributed by atoms with E-state index in [0.29, 0.717) is 0 Å². The molecule has 0 aliphatic carbocycles. The van der Waals surface area contributed by atoms with Crippen LogP contribution in [0.4, 0.5) is 0 Å². The Morgan fingerprint density at radius 2 is 1.83 bits per heavy atom. The van der Waals surface area contributed by atoms with Gasteiger partial charge >= 0.3 is 5.97 Å². The van der Waals surface area contributed by atoms with Crippen LogP contribution in [0.25, 0.3) is 0 Å². The number of aliphatic carboxylic acids is 1. The fourth-order valence-corrected chi connectivity index (χ4v) is 2.42. The molecule has 0 aliphatic heterocycles. The van der Waals surface area contributed by atoms with Gasteiger partial charge in [-0.3, -0.25) is 9.59 Å². The van der Waals surface area contributed by atoms with Gasteiger partial charge in [0.05, 0.1) is 12.0 Å². The average Bonchev–Trinajstić information content (AvgIpc) is 2.73. The van der Waals surface area contributed by atoms with Crippen molar-refractivity contribution >= 4 is 23.2 Å². The van der Waals surface area contributed by atoms with Gasteiger partial charge in [0.2, 0.25) is 5.91 Å². The van der Waals surface area contributed by atoms with E-state index in [9.17, 15) is 9.59 Å². The highest BCUT2D eigenvalue weighted by atomic mass is 32.1. The van der Waals surface area contributed by atoms with E-state index < -0.39 is 17.8 Å². The van der Waals surface area contributed by atoms with Crippen molar-refractivity contribution < 1.29 is 14.7 Å². The Bertz CT molecular complexity index is 441. The Morgan fingerprint density at radius 3 is 2.28 bits per heavy atom. The summed E-state index contributed by atoms with van der Waals surface area (Å²) in [6.07, 6.45) is 0. The number of carboxylic acids is 1. The molecule has 0 saturated carbocycles. The first-order valence-electron chi connectivity index (χ1n) is 5.92. The Balaban J connectivity index is 2.62. The molecular weight excluding hydrogens is 250 g/mol. The van der Waals surface area contributed by atoms with Crippen molar-refractivity contribution in [2.24, 2.45) is 11.8 Å². The van der Waals surface area contributed by atoms with Gasteiger partial charge in [0.15, 0.2) is 0 Å². The molecule has 3 atom stereocenters. The second-order valence-electron chi connectivity index (χ2n) is 4.59. The number of rotatable bonds is 5. The highest BCUT2D eigenvalue weighted by molar-refractivity contribution is 7.12. The van der Waals surface area contributed by atoms with Gasteiger partial charge < -0.3 is 10.4 Å². The van der Waals surface area contributed by atoms with Crippen molar-refractivity contribution in [2.45, 2.75) is 33.7 Å². The number of hydrogen-bond acceptors (Lipinski definition) is 3. The largest absolute Gasteiger partial charge is 0.481 e. The van der Waals surface area contributed by atoms with Crippen molar-refractivity contribution in [3.8, 4) is 0 Å². The lowest BCUT2D eigenvalue weighted by atomic mass is 9.95. The minimum absolute atomic E-state index is 0.0837. The van der Waals surface area contributed by atoms with Gasteiger partial charge in [0, 0.05) is 15.7 Å². The molecule has 0 radical (unpaired) electrons. The maximum Gasteiger partial charge on any atom is 0.307 e. The van der Waals surface area contributed by atoms with Crippen molar-refractivity contribution in [1.82, 2.24) is 5.32 Å². The molecular formula is C13H19NO3S. The standard InChI is InChI=1S/C13H19NO3S/c1-7-5-6-11(18-7)10(4)14-12(15)8(2)9(3)13(16)17/h5-6,8-10H,1-4H3,(H,14,15)(H,16,17). The third-order valence-electron chi connectivity index (χ3n) is 3.10. The second-order valence-corrected chi connectivity index (χ2v) is 5.91. The van der Waals surface area contributed by atoms with E-state index in [0.717, 1.165) is 4.88 Å². The molecule has 100 valence electrons. The Kier molecular flexibility index (Phi) is 4.90. The number of hydrogen-bond donors (Lipinski definition) is 2. The number of nitrogens with one attached hydrogen (secondary N) is 1. The molecule has 1 rings (SSSR count). The molecule has 18 heavy (non-hydrogen) atoms. The van der Waals surface area contributed by atoms with Crippen LogP contribution in [0.15, 0.2) is 12.1 Å². The summed E-state index contributed by atoms with van der Waals surface area (Å²) in [5.41, 5.74) is 0. The molecule has 5 heteroatoms. The predicted molar refractivity (Wildman–Crippen MR) is 71.6 cm³/mol. The molecule has 2 N–H and O–H groups in total. The first-order valence-corrected chi connectivity index (χ1v) is 6.74. The molecule has 0 spiro atoms. The number of carbonyl (C=O) groups excluding carboxylic acids is 1. The van der Waals surface area contributed by atoms with Gasteiger partial charge in [0.25, 0.3) is 0 Å². The van der Waals surface area contributed by atoms with Crippen LogP contribution in [-0.2, 0) is 9.59 Å². The Labute approximate surface area is 111 Å². The van der Waals surface area contributed by atoms with E-state index in [-0.39, 0.29) is 11.9 Å². The van der Waals surface area contributed by atoms with Crippen LogP contribution in [0.2, 0.25) is 0 Å². The minimum atomic E-state index is -0.947. The van der Waals surface area contributed by atoms with E-state index in [1.807, 2.05) is 26.0 Å². The fraction of sp³-hybridized carbons (Fsp3) is 0.538. The van der Waals surface area contributed by atoms with Crippen LogP contribution in [0.1, 0.15) is 36.6 Å². The van der Waals surface area contributed by atoms with Crippen LogP contribution in [0.3, 0.4) is 0 Å². The van der Waals surface area contributed by atoms with E-state index in [1.54, 1.807) is 25.2 Å². The lowest BCUT2D eigenvalue weighted by molar-refractivity contribution is -0.146. The molecule has 1 aromatic heterocycles. The Morgan fingerprint density at radius 1 is 1.22 bits per heavy atom. The molecule has 4 nitrogen and oxygen atoms in total. The average molecular weight is 269 g/mol. The molecule has 1 amide bonds. The van der Waals surface area contributed by atoms with Crippen molar-refractivity contribution in [3.63, 3.8) is 0 Å². The Hall–Kier alpha value is -1.36. The third kappa shape index (κ3) is 3.57. The van der Waals surface area contributed by atoms with Gasteiger partial charge in [0.1, 0.15) is 0 Å².